The number of benzene rings is 4. The quantitative estimate of drug-likeness (QED) is 0.0947. The smallest absolute Gasteiger partial charge is 0.277 e. The monoisotopic (exact) mass is 484 g/mol. The summed E-state index contributed by atoms with van der Waals surface area (Å²) in [5.41, 5.74) is -7.42. The molecule has 1 atom stereocenters. The van der Waals surface area contributed by atoms with Gasteiger partial charge in [-0.15, -0.1) is 0 Å². The van der Waals surface area contributed by atoms with Crippen molar-refractivity contribution in [1.29, 1.82) is 0 Å². The lowest BCUT2D eigenvalue weighted by Gasteiger charge is -2.29. The number of hydrogen-bond acceptors (Lipinski definition) is 13. The second kappa shape index (κ2) is 6.44. The predicted molar refractivity (Wildman–Crippen MR) is 116 cm³/mol. The van der Waals surface area contributed by atoms with Crippen LogP contribution in [0, 0.1) is 0 Å². The fourth-order valence-electron chi connectivity index (χ4n) is 4.49. The van der Waals surface area contributed by atoms with Gasteiger partial charge < -0.3 is 45.6 Å². The van der Waals surface area contributed by atoms with Crippen LogP contribution in [0.5, 0.6) is 57.5 Å². The minimum Gasteiger partial charge on any atom is -0.507 e. The zero-order valence-corrected chi connectivity index (χ0v) is 17.2. The number of aromatic hydroxyl groups is 8. The lowest BCUT2D eigenvalue weighted by atomic mass is 9.84. The minimum atomic E-state index is -1.75. The van der Waals surface area contributed by atoms with E-state index in [-0.39, 0.29) is 5.56 Å². The minimum absolute atomic E-state index is 0.381. The van der Waals surface area contributed by atoms with E-state index in [2.05, 4.69) is 0 Å². The van der Waals surface area contributed by atoms with Gasteiger partial charge in [0.05, 0.1) is 21.5 Å². The van der Waals surface area contributed by atoms with Crippen LogP contribution < -0.4 is 26.5 Å². The molecule has 4 aromatic carbocycles. The van der Waals surface area contributed by atoms with Gasteiger partial charge in [0.25, 0.3) is 10.9 Å². The normalized spacial score (nSPS) is 14.6. The Balaban J connectivity index is 2.03. The van der Waals surface area contributed by atoms with Gasteiger partial charge in [0.15, 0.2) is 34.5 Å². The van der Waals surface area contributed by atoms with Crippen LogP contribution in [0.3, 0.4) is 0 Å². The highest BCUT2D eigenvalue weighted by molar-refractivity contribution is 6.08. The van der Waals surface area contributed by atoms with Crippen LogP contribution >= 0.6 is 0 Å². The lowest BCUT2D eigenvalue weighted by Crippen LogP contribution is -2.46. The second-order valence-electron chi connectivity index (χ2n) is 7.91. The number of phenols is 8. The highest BCUT2D eigenvalue weighted by Crippen LogP contribution is 2.63. The molecule has 178 valence electrons. The van der Waals surface area contributed by atoms with Gasteiger partial charge in [-0.05, 0) is 0 Å². The maximum absolute atomic E-state index is 12.6. The molecule has 1 heterocycles. The SMILES string of the molecule is CC1c2c(c(O)c3c(O)c(O)c(O)c(O)c3c2O)Oc2c1c(O)c(O)c1c(=O)c(=O)c(=O)c(=O)c21. The molecule has 0 spiro atoms. The molecule has 8 N–H and O–H groups in total. The maximum atomic E-state index is 12.6. The van der Waals surface area contributed by atoms with Crippen molar-refractivity contribution in [3.05, 3.63) is 52.0 Å². The van der Waals surface area contributed by atoms with E-state index >= 15 is 0 Å². The fourth-order valence-corrected chi connectivity index (χ4v) is 4.49. The van der Waals surface area contributed by atoms with E-state index in [0.717, 1.165) is 0 Å². The summed E-state index contributed by atoms with van der Waals surface area (Å²) < 4.78 is 5.51. The molecule has 0 fully saturated rings. The molecule has 1 aliphatic heterocycles. The van der Waals surface area contributed by atoms with Gasteiger partial charge in [-0.1, -0.05) is 6.92 Å². The van der Waals surface area contributed by atoms with Gasteiger partial charge in [0.1, 0.15) is 11.5 Å². The van der Waals surface area contributed by atoms with Crippen LogP contribution in [0.15, 0.2) is 19.2 Å². The maximum Gasteiger partial charge on any atom is 0.277 e. The Hall–Kier alpha value is -5.20. The Morgan fingerprint density at radius 3 is 1.43 bits per heavy atom. The van der Waals surface area contributed by atoms with E-state index in [1.54, 1.807) is 0 Å². The van der Waals surface area contributed by atoms with E-state index in [9.17, 15) is 60.0 Å². The molecule has 1 aliphatic rings. The van der Waals surface area contributed by atoms with E-state index in [4.69, 9.17) is 4.74 Å². The summed E-state index contributed by atoms with van der Waals surface area (Å²) in [5.74, 6) is -11.6. The van der Waals surface area contributed by atoms with Crippen LogP contribution in [-0.2, 0) is 0 Å². The Morgan fingerprint density at radius 1 is 0.457 bits per heavy atom. The Kier molecular flexibility index (Phi) is 3.98. The molecular weight excluding hydrogens is 472 g/mol. The van der Waals surface area contributed by atoms with Gasteiger partial charge >= 0.3 is 0 Å². The van der Waals surface area contributed by atoms with Gasteiger partial charge in [0, 0.05) is 17.0 Å². The van der Waals surface area contributed by atoms with Gasteiger partial charge in [-0.3, -0.25) is 19.2 Å². The summed E-state index contributed by atoms with van der Waals surface area (Å²) in [6.07, 6.45) is 0. The molecule has 0 radical (unpaired) electrons. The second-order valence-corrected chi connectivity index (χ2v) is 7.91. The molecule has 0 amide bonds. The Bertz CT molecular complexity index is 1900. The average molecular weight is 484 g/mol. The third-order valence-corrected chi connectivity index (χ3v) is 6.17. The summed E-state index contributed by atoms with van der Waals surface area (Å²) in [4.78, 5) is 48.9. The number of hydrogen-bond donors (Lipinski definition) is 8. The number of phenolic OH excluding ortho intramolecular Hbond substituents is 8. The predicted octanol–water partition coefficient (Wildman–Crippen LogP) is 0.212. The Labute approximate surface area is 190 Å². The number of ether oxygens (including phenoxy) is 1. The summed E-state index contributed by atoms with van der Waals surface area (Å²) in [6.45, 7) is 1.27. The van der Waals surface area contributed by atoms with Crippen molar-refractivity contribution < 1.29 is 45.6 Å². The van der Waals surface area contributed by atoms with Crippen molar-refractivity contribution in [2.45, 2.75) is 12.8 Å². The van der Waals surface area contributed by atoms with Crippen molar-refractivity contribution in [3.8, 4) is 57.5 Å². The fraction of sp³-hybridized carbons (Fsp3) is 0.0909. The van der Waals surface area contributed by atoms with Crippen molar-refractivity contribution in [2.24, 2.45) is 0 Å². The molecule has 0 bridgehead atoms. The van der Waals surface area contributed by atoms with Gasteiger partial charge in [0.2, 0.25) is 22.4 Å². The van der Waals surface area contributed by atoms with E-state index in [1.165, 1.54) is 6.92 Å². The molecule has 13 nitrogen and oxygen atoms in total. The third-order valence-electron chi connectivity index (χ3n) is 6.17. The summed E-state index contributed by atoms with van der Waals surface area (Å²) in [7, 11) is 0. The standard InChI is InChI=1S/C22H12O13/c1-2-3-9(23)5-6(13(27)18(32)17(31)12(5)26)16(30)22(3)35-21-4(2)10(24)11(25)7-8(21)15(29)20(34)19(33)14(7)28/h2,23-27,30-32H,1H3. The zero-order chi connectivity index (χ0) is 25.8. The molecular formula is C22H12O13. The Morgan fingerprint density at radius 2 is 0.886 bits per heavy atom. The first-order chi connectivity index (χ1) is 16.3. The van der Waals surface area contributed by atoms with Crippen LogP contribution in [0.25, 0.3) is 21.5 Å². The van der Waals surface area contributed by atoms with E-state index in [0.29, 0.717) is 0 Å². The summed E-state index contributed by atoms with van der Waals surface area (Å²) >= 11 is 0. The van der Waals surface area contributed by atoms with Crippen LogP contribution in [0.1, 0.15) is 24.0 Å². The first-order valence-corrected chi connectivity index (χ1v) is 9.67. The number of fused-ring (bicyclic) bond motifs is 5. The number of rotatable bonds is 0. The van der Waals surface area contributed by atoms with Crippen molar-refractivity contribution in [3.63, 3.8) is 0 Å². The molecule has 35 heavy (non-hydrogen) atoms. The molecule has 5 rings (SSSR count). The third kappa shape index (κ3) is 2.30. The highest BCUT2D eigenvalue weighted by atomic mass is 16.5. The molecule has 0 saturated carbocycles. The molecule has 13 heteroatoms. The zero-order valence-electron chi connectivity index (χ0n) is 17.2. The van der Waals surface area contributed by atoms with Crippen molar-refractivity contribution in [2.75, 3.05) is 0 Å². The molecule has 1 unspecified atom stereocenters. The van der Waals surface area contributed by atoms with Gasteiger partial charge in [-0.2, -0.15) is 0 Å². The van der Waals surface area contributed by atoms with Crippen LogP contribution in [-0.4, -0.2) is 40.9 Å². The largest absolute Gasteiger partial charge is 0.507 e. The van der Waals surface area contributed by atoms with E-state index < -0.39 is 112 Å². The summed E-state index contributed by atoms with van der Waals surface area (Å²) in [5, 5.41) is 79.6. The van der Waals surface area contributed by atoms with Crippen LogP contribution in [0.4, 0.5) is 0 Å². The first kappa shape index (κ1) is 21.6. The topological polar surface area (TPSA) is 239 Å². The van der Waals surface area contributed by atoms with Crippen molar-refractivity contribution in [1.82, 2.24) is 0 Å². The van der Waals surface area contributed by atoms with Gasteiger partial charge in [-0.25, -0.2) is 0 Å². The van der Waals surface area contributed by atoms with E-state index in [1.807, 2.05) is 0 Å². The average Bonchev–Trinajstić information content (AvgIpc) is 2.82. The lowest BCUT2D eigenvalue weighted by molar-refractivity contribution is 0.345. The molecule has 0 aliphatic carbocycles. The molecule has 0 saturated heterocycles. The highest BCUT2D eigenvalue weighted by Gasteiger charge is 2.40. The first-order valence-electron chi connectivity index (χ1n) is 9.67. The molecule has 4 aromatic rings. The molecule has 0 aromatic heterocycles. The van der Waals surface area contributed by atoms with Crippen LogP contribution in [0.2, 0.25) is 0 Å². The summed E-state index contributed by atoms with van der Waals surface area (Å²) in [6, 6.07) is 0. The van der Waals surface area contributed by atoms with Crippen molar-refractivity contribution >= 4 is 21.5 Å².